The number of ketones is 1. The highest BCUT2D eigenvalue weighted by Gasteiger charge is 2.38. The van der Waals surface area contributed by atoms with E-state index in [1.54, 1.807) is 0 Å². The minimum Gasteiger partial charge on any atom is -0.504 e. The molecule has 0 saturated carbocycles. The lowest BCUT2D eigenvalue weighted by Gasteiger charge is -2.41. The van der Waals surface area contributed by atoms with Crippen LogP contribution in [0.25, 0.3) is 0 Å². The molecule has 1 unspecified atom stereocenters. The molecule has 3 N–H and O–H groups in total. The zero-order valence-electron chi connectivity index (χ0n) is 11.7. The van der Waals surface area contributed by atoms with E-state index in [0.29, 0.717) is 17.8 Å². The lowest BCUT2D eigenvalue weighted by molar-refractivity contribution is 0.0849. The van der Waals surface area contributed by atoms with Crippen molar-refractivity contribution < 1.29 is 15.0 Å². The van der Waals surface area contributed by atoms with Crippen LogP contribution in [-0.2, 0) is 0 Å². The van der Waals surface area contributed by atoms with Gasteiger partial charge < -0.3 is 15.2 Å². The minimum absolute atomic E-state index is 0.0671. The molecule has 0 bridgehead atoms. The highest BCUT2D eigenvalue weighted by molar-refractivity contribution is 6.07. The van der Waals surface area contributed by atoms with Gasteiger partial charge in [0.05, 0.1) is 11.7 Å². The van der Waals surface area contributed by atoms with Gasteiger partial charge >= 0.3 is 0 Å². The number of phenols is 2. The summed E-state index contributed by atoms with van der Waals surface area (Å²) in [6.07, 6.45) is 0. The lowest BCUT2D eigenvalue weighted by Crippen LogP contribution is -2.58. The summed E-state index contributed by atoms with van der Waals surface area (Å²) in [5.41, 5.74) is 3.99. The largest absolute Gasteiger partial charge is 0.504 e. The predicted octanol–water partition coefficient (Wildman–Crippen LogP) is 2.04. The first-order valence-corrected chi connectivity index (χ1v) is 6.39. The first-order chi connectivity index (χ1) is 8.75. The third-order valence-electron chi connectivity index (χ3n) is 3.38. The van der Waals surface area contributed by atoms with Crippen molar-refractivity contribution in [2.75, 3.05) is 11.6 Å². The summed E-state index contributed by atoms with van der Waals surface area (Å²) in [7, 11) is 0. The summed E-state index contributed by atoms with van der Waals surface area (Å²) in [5, 5.41) is 21.0. The molecule has 0 amide bonds. The molecule has 0 radical (unpaired) electrons. The van der Waals surface area contributed by atoms with Crippen molar-refractivity contribution in [3.05, 3.63) is 17.7 Å². The number of hydrazine groups is 1. The Morgan fingerprint density at radius 1 is 1.26 bits per heavy atom. The summed E-state index contributed by atoms with van der Waals surface area (Å²) >= 11 is 0. The Balaban J connectivity index is 2.56. The highest BCUT2D eigenvalue weighted by Crippen LogP contribution is 2.38. The van der Waals surface area contributed by atoms with Crippen LogP contribution in [0.1, 0.15) is 38.1 Å². The number of anilines is 1. The molecule has 5 nitrogen and oxygen atoms in total. The van der Waals surface area contributed by atoms with Gasteiger partial charge in [0, 0.05) is 18.2 Å². The maximum Gasteiger partial charge on any atom is 0.184 e. The van der Waals surface area contributed by atoms with Crippen LogP contribution >= 0.6 is 0 Å². The third-order valence-corrected chi connectivity index (χ3v) is 3.38. The summed E-state index contributed by atoms with van der Waals surface area (Å²) in [6.45, 7) is 8.57. The second-order valence-corrected chi connectivity index (χ2v) is 5.89. The van der Waals surface area contributed by atoms with E-state index in [0.717, 1.165) is 0 Å². The van der Waals surface area contributed by atoms with Gasteiger partial charge in [0.1, 0.15) is 0 Å². The molecule has 1 aliphatic heterocycles. The fourth-order valence-corrected chi connectivity index (χ4v) is 2.27. The number of hydrogen-bond acceptors (Lipinski definition) is 5. The third kappa shape index (κ3) is 2.26. The Morgan fingerprint density at radius 2 is 1.84 bits per heavy atom. The normalized spacial score (nSPS) is 19.5. The van der Waals surface area contributed by atoms with Crippen molar-refractivity contribution in [3.8, 4) is 11.5 Å². The topological polar surface area (TPSA) is 72.8 Å². The van der Waals surface area contributed by atoms with E-state index in [2.05, 4.69) is 5.43 Å². The summed E-state index contributed by atoms with van der Waals surface area (Å²) in [4.78, 5) is 12.5. The smallest absolute Gasteiger partial charge is 0.184 e. The molecule has 0 fully saturated rings. The Labute approximate surface area is 112 Å². The van der Waals surface area contributed by atoms with Crippen LogP contribution in [0.15, 0.2) is 12.1 Å². The average molecular weight is 264 g/mol. The van der Waals surface area contributed by atoms with Crippen molar-refractivity contribution >= 4 is 11.5 Å². The van der Waals surface area contributed by atoms with Crippen molar-refractivity contribution in [3.63, 3.8) is 0 Å². The van der Waals surface area contributed by atoms with E-state index >= 15 is 0 Å². The molecule has 1 aromatic rings. The molecular formula is C14H20N2O3. The monoisotopic (exact) mass is 264 g/mol. The fourth-order valence-electron chi connectivity index (χ4n) is 2.27. The number of nitrogens with one attached hydrogen (secondary N) is 1. The number of aromatic hydroxyl groups is 2. The molecule has 104 valence electrons. The molecule has 1 atom stereocenters. The van der Waals surface area contributed by atoms with Crippen molar-refractivity contribution in [2.45, 2.75) is 33.7 Å². The van der Waals surface area contributed by atoms with Crippen molar-refractivity contribution in [2.24, 2.45) is 5.41 Å². The van der Waals surface area contributed by atoms with E-state index in [1.165, 1.54) is 12.1 Å². The van der Waals surface area contributed by atoms with Crippen LogP contribution in [0, 0.1) is 5.41 Å². The number of benzene rings is 1. The SMILES string of the molecule is CCN1NC(C(C)(C)C)C(=O)c2cc(O)c(O)cc21. The molecule has 0 aromatic heterocycles. The van der Waals surface area contributed by atoms with E-state index in [1.807, 2.05) is 32.7 Å². The minimum atomic E-state index is -0.358. The molecule has 5 heteroatoms. The highest BCUT2D eigenvalue weighted by atomic mass is 16.3. The van der Waals surface area contributed by atoms with Crippen LogP contribution < -0.4 is 10.4 Å². The second-order valence-electron chi connectivity index (χ2n) is 5.89. The zero-order valence-corrected chi connectivity index (χ0v) is 11.7. The first-order valence-electron chi connectivity index (χ1n) is 6.39. The number of fused-ring (bicyclic) bond motifs is 1. The van der Waals surface area contributed by atoms with Crippen LogP contribution in [0.2, 0.25) is 0 Å². The average Bonchev–Trinajstić information content (AvgIpc) is 2.31. The number of phenolic OH excluding ortho intramolecular Hbond substituents is 2. The van der Waals surface area contributed by atoms with Crippen LogP contribution in [0.3, 0.4) is 0 Å². The molecule has 0 saturated heterocycles. The molecule has 0 spiro atoms. The number of carbonyl (C=O) groups is 1. The Hall–Kier alpha value is -1.75. The fraction of sp³-hybridized carbons (Fsp3) is 0.500. The van der Waals surface area contributed by atoms with Gasteiger partial charge in [-0.25, -0.2) is 5.43 Å². The van der Waals surface area contributed by atoms with Crippen LogP contribution in [0.4, 0.5) is 5.69 Å². The van der Waals surface area contributed by atoms with E-state index in [4.69, 9.17) is 0 Å². The maximum absolute atomic E-state index is 12.5. The van der Waals surface area contributed by atoms with Crippen LogP contribution in [-0.4, -0.2) is 28.6 Å². The van der Waals surface area contributed by atoms with E-state index < -0.39 is 0 Å². The quantitative estimate of drug-likeness (QED) is 0.677. The Bertz CT molecular complexity index is 520. The molecule has 1 heterocycles. The molecule has 1 aromatic carbocycles. The summed E-state index contributed by atoms with van der Waals surface area (Å²) in [6, 6.07) is 2.40. The van der Waals surface area contributed by atoms with Gasteiger partial charge in [0.25, 0.3) is 0 Å². The summed E-state index contributed by atoms with van der Waals surface area (Å²) in [5.74, 6) is -0.554. The van der Waals surface area contributed by atoms with Gasteiger partial charge in [0.15, 0.2) is 17.3 Å². The van der Waals surface area contributed by atoms with Gasteiger partial charge in [0.2, 0.25) is 0 Å². The molecular weight excluding hydrogens is 244 g/mol. The Kier molecular flexibility index (Phi) is 3.18. The number of carbonyl (C=O) groups excluding carboxylic acids is 1. The predicted molar refractivity (Wildman–Crippen MR) is 73.5 cm³/mol. The summed E-state index contributed by atoms with van der Waals surface area (Å²) < 4.78 is 0. The zero-order chi connectivity index (χ0) is 14.4. The molecule has 19 heavy (non-hydrogen) atoms. The number of nitrogens with zero attached hydrogens (tertiary/aromatic N) is 1. The van der Waals surface area contributed by atoms with Crippen molar-refractivity contribution in [1.29, 1.82) is 0 Å². The van der Waals surface area contributed by atoms with Gasteiger partial charge in [-0.1, -0.05) is 20.8 Å². The van der Waals surface area contributed by atoms with Crippen LogP contribution in [0.5, 0.6) is 11.5 Å². The van der Waals surface area contributed by atoms with Gasteiger partial charge in [-0.15, -0.1) is 0 Å². The van der Waals surface area contributed by atoms with E-state index in [-0.39, 0.29) is 28.7 Å². The lowest BCUT2D eigenvalue weighted by atomic mass is 9.81. The van der Waals surface area contributed by atoms with Gasteiger partial charge in [-0.2, -0.15) is 0 Å². The van der Waals surface area contributed by atoms with E-state index in [9.17, 15) is 15.0 Å². The second kappa shape index (κ2) is 4.42. The standard InChI is InChI=1S/C14H20N2O3/c1-5-16-9-7-11(18)10(17)6-8(9)12(19)13(15-16)14(2,3)4/h6-7,13,15,17-18H,5H2,1-4H3. The van der Waals surface area contributed by atoms with Crippen molar-refractivity contribution in [1.82, 2.24) is 5.43 Å². The first kappa shape index (κ1) is 13.7. The van der Waals surface area contributed by atoms with Gasteiger partial charge in [-0.05, 0) is 18.4 Å². The molecule has 0 aliphatic carbocycles. The number of hydrogen-bond donors (Lipinski definition) is 3. The molecule has 2 rings (SSSR count). The number of rotatable bonds is 1. The number of Topliss-reactive ketones (excluding diaryl/α,β-unsaturated/α-hetero) is 1. The Morgan fingerprint density at radius 3 is 2.37 bits per heavy atom. The molecule has 1 aliphatic rings. The van der Waals surface area contributed by atoms with Gasteiger partial charge in [-0.3, -0.25) is 4.79 Å². The maximum atomic E-state index is 12.5.